The lowest BCUT2D eigenvalue weighted by Gasteiger charge is -2.25. The number of aromatic nitrogens is 2. The van der Waals surface area contributed by atoms with Crippen LogP contribution in [0.15, 0.2) is 18.2 Å². The molecule has 0 amide bonds. The molecule has 1 aromatic carbocycles. The molecule has 0 unspecified atom stereocenters. The summed E-state index contributed by atoms with van der Waals surface area (Å²) >= 11 is 6.25. The molecule has 0 spiro atoms. The topological polar surface area (TPSA) is 53.1 Å². The van der Waals surface area contributed by atoms with Crippen molar-refractivity contribution in [2.75, 3.05) is 18.9 Å². The fraction of sp³-hybridized carbons (Fsp3) is 0.417. The van der Waals surface area contributed by atoms with Crippen molar-refractivity contribution < 1.29 is 4.74 Å². The summed E-state index contributed by atoms with van der Waals surface area (Å²) in [6, 6.07) is 6.05. The fourth-order valence-corrected chi connectivity index (χ4v) is 2.70. The Balaban J connectivity index is 2.16. The maximum absolute atomic E-state index is 6.25. The van der Waals surface area contributed by atoms with E-state index in [4.69, 9.17) is 22.1 Å². The number of hydrogen-bond acceptors (Lipinski definition) is 3. The van der Waals surface area contributed by atoms with Crippen molar-refractivity contribution >= 4 is 28.6 Å². The van der Waals surface area contributed by atoms with Gasteiger partial charge in [-0.25, -0.2) is 4.98 Å². The molecular weight excluding hydrogens is 238 g/mol. The lowest BCUT2D eigenvalue weighted by Crippen LogP contribution is -2.20. The number of halogens is 1. The number of ether oxygens (including phenoxy) is 1. The molecule has 2 heterocycles. The first-order valence-electron chi connectivity index (χ1n) is 5.77. The summed E-state index contributed by atoms with van der Waals surface area (Å²) in [4.78, 5) is 4.36. The van der Waals surface area contributed by atoms with Crippen LogP contribution in [0, 0.1) is 0 Å². The van der Waals surface area contributed by atoms with Gasteiger partial charge in [-0.15, -0.1) is 0 Å². The Kier molecular flexibility index (Phi) is 2.68. The van der Waals surface area contributed by atoms with Gasteiger partial charge in [-0.2, -0.15) is 0 Å². The van der Waals surface area contributed by atoms with Crippen LogP contribution in [0.25, 0.3) is 11.0 Å². The number of nitrogens with two attached hydrogens (primary N) is 1. The number of nitrogens with zero attached hydrogens (tertiary/aromatic N) is 2. The molecule has 0 bridgehead atoms. The van der Waals surface area contributed by atoms with Gasteiger partial charge in [0.25, 0.3) is 0 Å². The highest BCUT2D eigenvalue weighted by molar-refractivity contribution is 6.35. The van der Waals surface area contributed by atoms with Gasteiger partial charge in [0.2, 0.25) is 5.95 Å². The molecule has 5 heteroatoms. The quantitative estimate of drug-likeness (QED) is 0.848. The number of rotatable bonds is 1. The minimum atomic E-state index is 0.341. The standard InChI is InChI=1S/C12H14ClN3O/c13-9-2-1-3-10-11(9)16(12(14)15-10)8-4-6-17-7-5-8/h1-3,8H,4-7H2,(H2,14,15). The van der Waals surface area contributed by atoms with Gasteiger partial charge < -0.3 is 15.0 Å². The summed E-state index contributed by atoms with van der Waals surface area (Å²) in [5, 5.41) is 0.707. The van der Waals surface area contributed by atoms with Crippen LogP contribution in [0.2, 0.25) is 5.02 Å². The molecule has 2 N–H and O–H groups in total. The summed E-state index contributed by atoms with van der Waals surface area (Å²) in [5.41, 5.74) is 7.81. The van der Waals surface area contributed by atoms with E-state index in [-0.39, 0.29) is 0 Å². The van der Waals surface area contributed by atoms with Gasteiger partial charge in [0.1, 0.15) is 0 Å². The molecule has 90 valence electrons. The van der Waals surface area contributed by atoms with Gasteiger partial charge in [-0.05, 0) is 25.0 Å². The summed E-state index contributed by atoms with van der Waals surface area (Å²) in [7, 11) is 0. The average molecular weight is 252 g/mol. The molecule has 1 saturated heterocycles. The molecule has 1 aliphatic heterocycles. The Morgan fingerprint density at radius 3 is 2.88 bits per heavy atom. The van der Waals surface area contributed by atoms with Gasteiger partial charge in [0, 0.05) is 19.3 Å². The van der Waals surface area contributed by atoms with Crippen LogP contribution in [0.3, 0.4) is 0 Å². The number of anilines is 1. The van der Waals surface area contributed by atoms with Gasteiger partial charge in [0.05, 0.1) is 16.1 Å². The minimum absolute atomic E-state index is 0.341. The van der Waals surface area contributed by atoms with E-state index >= 15 is 0 Å². The zero-order valence-electron chi connectivity index (χ0n) is 9.40. The average Bonchev–Trinajstić information content (AvgIpc) is 2.68. The van der Waals surface area contributed by atoms with Crippen LogP contribution in [-0.4, -0.2) is 22.8 Å². The van der Waals surface area contributed by atoms with Crippen molar-refractivity contribution in [2.24, 2.45) is 0 Å². The van der Waals surface area contributed by atoms with Crippen LogP contribution in [0.1, 0.15) is 18.9 Å². The van der Waals surface area contributed by atoms with E-state index in [0.29, 0.717) is 17.0 Å². The third kappa shape index (κ3) is 1.77. The normalized spacial score (nSPS) is 17.7. The van der Waals surface area contributed by atoms with Crippen LogP contribution in [0.5, 0.6) is 0 Å². The maximum Gasteiger partial charge on any atom is 0.201 e. The van der Waals surface area contributed by atoms with Crippen molar-refractivity contribution in [3.05, 3.63) is 23.2 Å². The van der Waals surface area contributed by atoms with E-state index in [1.54, 1.807) is 0 Å². The zero-order chi connectivity index (χ0) is 11.8. The highest BCUT2D eigenvalue weighted by Gasteiger charge is 2.21. The Hall–Kier alpha value is -1.26. The highest BCUT2D eigenvalue weighted by atomic mass is 35.5. The second-order valence-corrected chi connectivity index (χ2v) is 4.70. The molecule has 0 saturated carbocycles. The van der Waals surface area contributed by atoms with Crippen LogP contribution < -0.4 is 5.73 Å². The second-order valence-electron chi connectivity index (χ2n) is 4.29. The highest BCUT2D eigenvalue weighted by Crippen LogP contribution is 2.32. The molecule has 0 radical (unpaired) electrons. The SMILES string of the molecule is Nc1nc2cccc(Cl)c2n1C1CCOCC1. The summed E-state index contributed by atoms with van der Waals surface area (Å²) < 4.78 is 7.43. The molecular formula is C12H14ClN3O. The molecule has 1 aliphatic rings. The van der Waals surface area contributed by atoms with Crippen molar-refractivity contribution in [1.29, 1.82) is 0 Å². The van der Waals surface area contributed by atoms with E-state index in [1.165, 1.54) is 0 Å². The lowest BCUT2D eigenvalue weighted by molar-refractivity contribution is 0.0711. The lowest BCUT2D eigenvalue weighted by atomic mass is 10.1. The third-order valence-electron chi connectivity index (χ3n) is 3.24. The second kappa shape index (κ2) is 4.20. The smallest absolute Gasteiger partial charge is 0.201 e. The first-order valence-corrected chi connectivity index (χ1v) is 6.15. The monoisotopic (exact) mass is 251 g/mol. The molecule has 0 atom stereocenters. The van der Waals surface area contributed by atoms with Crippen LogP contribution in [-0.2, 0) is 4.74 Å². The molecule has 4 nitrogen and oxygen atoms in total. The predicted octanol–water partition coefficient (Wildman–Crippen LogP) is 2.62. The predicted molar refractivity (Wildman–Crippen MR) is 68.2 cm³/mol. The summed E-state index contributed by atoms with van der Waals surface area (Å²) in [6.07, 6.45) is 1.92. The number of hydrogen-bond donors (Lipinski definition) is 1. The number of imidazole rings is 1. The minimum Gasteiger partial charge on any atom is -0.381 e. The molecule has 0 aliphatic carbocycles. The molecule has 1 aromatic heterocycles. The van der Waals surface area contributed by atoms with Crippen molar-refractivity contribution in [3.63, 3.8) is 0 Å². The molecule has 3 rings (SSSR count). The zero-order valence-corrected chi connectivity index (χ0v) is 10.2. The molecule has 2 aromatic rings. The molecule has 1 fully saturated rings. The van der Waals surface area contributed by atoms with Gasteiger partial charge >= 0.3 is 0 Å². The fourth-order valence-electron chi connectivity index (χ4n) is 2.44. The van der Waals surface area contributed by atoms with E-state index in [9.17, 15) is 0 Å². The Morgan fingerprint density at radius 1 is 1.35 bits per heavy atom. The third-order valence-corrected chi connectivity index (χ3v) is 3.55. The van der Waals surface area contributed by atoms with E-state index in [2.05, 4.69) is 9.55 Å². The first kappa shape index (κ1) is 10.9. The largest absolute Gasteiger partial charge is 0.381 e. The molecule has 17 heavy (non-hydrogen) atoms. The Morgan fingerprint density at radius 2 is 2.12 bits per heavy atom. The van der Waals surface area contributed by atoms with Crippen molar-refractivity contribution in [2.45, 2.75) is 18.9 Å². The number of para-hydroxylation sites is 1. The maximum atomic E-state index is 6.25. The van der Waals surface area contributed by atoms with Crippen molar-refractivity contribution in [1.82, 2.24) is 9.55 Å². The van der Waals surface area contributed by atoms with E-state index in [1.807, 2.05) is 18.2 Å². The van der Waals surface area contributed by atoms with Crippen molar-refractivity contribution in [3.8, 4) is 0 Å². The number of benzene rings is 1. The van der Waals surface area contributed by atoms with Gasteiger partial charge in [-0.3, -0.25) is 0 Å². The van der Waals surface area contributed by atoms with Gasteiger partial charge in [0.15, 0.2) is 0 Å². The van der Waals surface area contributed by atoms with Crippen LogP contribution in [0.4, 0.5) is 5.95 Å². The summed E-state index contributed by atoms with van der Waals surface area (Å²) in [6.45, 7) is 1.54. The number of fused-ring (bicyclic) bond motifs is 1. The Labute approximate surface area is 104 Å². The van der Waals surface area contributed by atoms with E-state index < -0.39 is 0 Å². The first-order chi connectivity index (χ1) is 8.27. The van der Waals surface area contributed by atoms with Crippen LogP contribution >= 0.6 is 11.6 Å². The van der Waals surface area contributed by atoms with E-state index in [0.717, 1.165) is 37.1 Å². The Bertz CT molecular complexity index is 546. The number of nitrogen functional groups attached to an aromatic ring is 1. The summed E-state index contributed by atoms with van der Waals surface area (Å²) in [5.74, 6) is 0.542. The van der Waals surface area contributed by atoms with Gasteiger partial charge in [-0.1, -0.05) is 17.7 Å².